The number of nitrogens with one attached hydrogen (secondary N) is 1. The summed E-state index contributed by atoms with van der Waals surface area (Å²) in [5, 5.41) is 3.04. The average molecular weight is 262 g/mol. The zero-order chi connectivity index (χ0) is 14.5. The van der Waals surface area contributed by atoms with Crippen LogP contribution in [-0.4, -0.2) is 18.0 Å². The van der Waals surface area contributed by atoms with Crippen molar-refractivity contribution in [2.24, 2.45) is 5.73 Å². The third kappa shape index (κ3) is 5.03. The van der Waals surface area contributed by atoms with Crippen LogP contribution in [0.5, 0.6) is 0 Å². The van der Waals surface area contributed by atoms with Gasteiger partial charge in [-0.15, -0.1) is 0 Å². The third-order valence-electron chi connectivity index (χ3n) is 3.06. The Morgan fingerprint density at radius 2 is 1.84 bits per heavy atom. The molecule has 0 heterocycles. The van der Waals surface area contributed by atoms with Gasteiger partial charge in [-0.3, -0.25) is 4.79 Å². The summed E-state index contributed by atoms with van der Waals surface area (Å²) in [7, 11) is 0. The minimum absolute atomic E-state index is 0.0576. The van der Waals surface area contributed by atoms with Crippen LogP contribution in [0.15, 0.2) is 24.3 Å². The lowest BCUT2D eigenvalue weighted by molar-refractivity contribution is -0.124. The Morgan fingerprint density at radius 3 is 2.26 bits per heavy atom. The van der Waals surface area contributed by atoms with Crippen LogP contribution in [0.25, 0.3) is 0 Å². The predicted octanol–water partition coefficient (Wildman–Crippen LogP) is 2.60. The number of amides is 1. The molecule has 0 aliphatic carbocycles. The molecule has 106 valence electrons. The summed E-state index contributed by atoms with van der Waals surface area (Å²) in [5.74, 6) is -0.0997. The first kappa shape index (κ1) is 15.7. The Kier molecular flexibility index (Phi) is 5.55. The van der Waals surface area contributed by atoms with E-state index in [4.69, 9.17) is 5.73 Å². The molecule has 0 bridgehead atoms. The molecular formula is C16H26N2O. The van der Waals surface area contributed by atoms with Crippen molar-refractivity contribution in [2.75, 3.05) is 6.54 Å². The van der Waals surface area contributed by atoms with E-state index in [-0.39, 0.29) is 17.4 Å². The summed E-state index contributed by atoms with van der Waals surface area (Å²) in [6.45, 7) is 8.61. The smallest absolute Gasteiger partial charge is 0.227 e. The van der Waals surface area contributed by atoms with Crippen LogP contribution in [-0.2, 0) is 11.2 Å². The summed E-state index contributed by atoms with van der Waals surface area (Å²) in [6.07, 6.45) is 1.68. The SMILES string of the molecule is CCc1ccc(C(CCN)C(=O)NC(C)(C)C)cc1. The van der Waals surface area contributed by atoms with Gasteiger partial charge in [-0.1, -0.05) is 31.2 Å². The first-order valence-electron chi connectivity index (χ1n) is 6.98. The summed E-state index contributed by atoms with van der Waals surface area (Å²) in [5.41, 5.74) is 7.76. The van der Waals surface area contributed by atoms with E-state index in [9.17, 15) is 4.79 Å². The van der Waals surface area contributed by atoms with Crippen molar-refractivity contribution in [2.45, 2.75) is 52.0 Å². The summed E-state index contributed by atoms with van der Waals surface area (Å²) >= 11 is 0. The van der Waals surface area contributed by atoms with Gasteiger partial charge in [-0.05, 0) is 51.3 Å². The minimum atomic E-state index is -0.215. The van der Waals surface area contributed by atoms with Crippen LogP contribution in [0.3, 0.4) is 0 Å². The van der Waals surface area contributed by atoms with E-state index in [1.54, 1.807) is 0 Å². The van der Waals surface area contributed by atoms with Crippen LogP contribution in [0.4, 0.5) is 0 Å². The second-order valence-electron chi connectivity index (χ2n) is 5.96. The molecule has 0 saturated heterocycles. The Morgan fingerprint density at radius 1 is 1.26 bits per heavy atom. The van der Waals surface area contributed by atoms with Crippen LogP contribution >= 0.6 is 0 Å². The van der Waals surface area contributed by atoms with Gasteiger partial charge >= 0.3 is 0 Å². The number of rotatable bonds is 5. The van der Waals surface area contributed by atoms with Crippen molar-refractivity contribution in [1.82, 2.24) is 5.32 Å². The van der Waals surface area contributed by atoms with Crippen molar-refractivity contribution in [3.63, 3.8) is 0 Å². The lowest BCUT2D eigenvalue weighted by Crippen LogP contribution is -2.43. The van der Waals surface area contributed by atoms with Crippen molar-refractivity contribution in [1.29, 1.82) is 0 Å². The molecule has 0 saturated carbocycles. The quantitative estimate of drug-likeness (QED) is 0.857. The van der Waals surface area contributed by atoms with Crippen LogP contribution in [0.1, 0.15) is 51.2 Å². The molecule has 19 heavy (non-hydrogen) atoms. The van der Waals surface area contributed by atoms with Gasteiger partial charge in [0.2, 0.25) is 5.91 Å². The average Bonchev–Trinajstić information content (AvgIpc) is 2.34. The molecule has 1 amide bonds. The number of carbonyl (C=O) groups is 1. The molecule has 0 radical (unpaired) electrons. The van der Waals surface area contributed by atoms with Gasteiger partial charge in [0.05, 0.1) is 5.92 Å². The molecule has 1 aromatic rings. The largest absolute Gasteiger partial charge is 0.351 e. The number of aryl methyl sites for hydroxylation is 1. The second-order valence-corrected chi connectivity index (χ2v) is 5.96. The van der Waals surface area contributed by atoms with E-state index < -0.39 is 0 Å². The maximum absolute atomic E-state index is 12.3. The highest BCUT2D eigenvalue weighted by atomic mass is 16.2. The predicted molar refractivity (Wildman–Crippen MR) is 80.1 cm³/mol. The Hall–Kier alpha value is -1.35. The van der Waals surface area contributed by atoms with Gasteiger partial charge in [-0.2, -0.15) is 0 Å². The molecule has 1 rings (SSSR count). The lowest BCUT2D eigenvalue weighted by Gasteiger charge is -2.25. The molecular weight excluding hydrogens is 236 g/mol. The van der Waals surface area contributed by atoms with Crippen LogP contribution in [0, 0.1) is 0 Å². The number of hydrogen-bond acceptors (Lipinski definition) is 2. The molecule has 3 N–H and O–H groups in total. The Labute approximate surface area is 116 Å². The maximum atomic E-state index is 12.3. The fourth-order valence-corrected chi connectivity index (χ4v) is 2.06. The number of hydrogen-bond donors (Lipinski definition) is 2. The zero-order valence-electron chi connectivity index (χ0n) is 12.5. The molecule has 0 aliphatic rings. The van der Waals surface area contributed by atoms with Crippen molar-refractivity contribution in [3.8, 4) is 0 Å². The van der Waals surface area contributed by atoms with Crippen LogP contribution < -0.4 is 11.1 Å². The summed E-state index contributed by atoms with van der Waals surface area (Å²) in [6, 6.07) is 8.26. The summed E-state index contributed by atoms with van der Waals surface area (Å²) < 4.78 is 0. The van der Waals surface area contributed by atoms with E-state index in [0.29, 0.717) is 13.0 Å². The maximum Gasteiger partial charge on any atom is 0.227 e. The monoisotopic (exact) mass is 262 g/mol. The zero-order valence-corrected chi connectivity index (χ0v) is 12.5. The van der Waals surface area contributed by atoms with Gasteiger partial charge in [0, 0.05) is 5.54 Å². The number of nitrogens with two attached hydrogens (primary N) is 1. The number of carbonyl (C=O) groups excluding carboxylic acids is 1. The van der Waals surface area contributed by atoms with E-state index in [1.807, 2.05) is 32.9 Å². The van der Waals surface area contributed by atoms with Gasteiger partial charge < -0.3 is 11.1 Å². The summed E-state index contributed by atoms with van der Waals surface area (Å²) in [4.78, 5) is 12.3. The standard InChI is InChI=1S/C16H26N2O/c1-5-12-6-8-13(9-7-12)14(10-11-17)15(19)18-16(2,3)4/h6-9,14H,5,10-11,17H2,1-4H3,(H,18,19). The Bertz CT molecular complexity index is 404. The topological polar surface area (TPSA) is 55.1 Å². The van der Waals surface area contributed by atoms with Gasteiger partial charge in [0.25, 0.3) is 0 Å². The third-order valence-corrected chi connectivity index (χ3v) is 3.06. The molecule has 1 atom stereocenters. The highest BCUT2D eigenvalue weighted by molar-refractivity contribution is 5.84. The van der Waals surface area contributed by atoms with Crippen molar-refractivity contribution >= 4 is 5.91 Å². The van der Waals surface area contributed by atoms with E-state index in [1.165, 1.54) is 5.56 Å². The van der Waals surface area contributed by atoms with Crippen molar-refractivity contribution in [3.05, 3.63) is 35.4 Å². The molecule has 0 aliphatic heterocycles. The molecule has 1 aromatic carbocycles. The fourth-order valence-electron chi connectivity index (χ4n) is 2.06. The second kappa shape index (κ2) is 6.71. The Balaban J connectivity index is 2.89. The molecule has 3 nitrogen and oxygen atoms in total. The van der Waals surface area contributed by atoms with E-state index >= 15 is 0 Å². The van der Waals surface area contributed by atoms with Gasteiger partial charge in [0.1, 0.15) is 0 Å². The normalized spacial score (nSPS) is 13.1. The highest BCUT2D eigenvalue weighted by Gasteiger charge is 2.23. The number of benzene rings is 1. The molecule has 0 aromatic heterocycles. The fraction of sp³-hybridized carbons (Fsp3) is 0.562. The van der Waals surface area contributed by atoms with Gasteiger partial charge in [0.15, 0.2) is 0 Å². The molecule has 1 unspecified atom stereocenters. The molecule has 0 spiro atoms. The van der Waals surface area contributed by atoms with Crippen LogP contribution in [0.2, 0.25) is 0 Å². The lowest BCUT2D eigenvalue weighted by atomic mass is 9.92. The minimum Gasteiger partial charge on any atom is -0.351 e. The first-order chi connectivity index (χ1) is 8.87. The molecule has 0 fully saturated rings. The first-order valence-corrected chi connectivity index (χ1v) is 6.98. The van der Waals surface area contributed by atoms with Gasteiger partial charge in [-0.25, -0.2) is 0 Å². The van der Waals surface area contributed by atoms with Crippen molar-refractivity contribution < 1.29 is 4.79 Å². The highest BCUT2D eigenvalue weighted by Crippen LogP contribution is 2.21. The van der Waals surface area contributed by atoms with E-state index in [2.05, 4.69) is 24.4 Å². The van der Waals surface area contributed by atoms with E-state index in [0.717, 1.165) is 12.0 Å². The molecule has 3 heteroatoms.